The number of nitrogens with one attached hydrogen (secondary N) is 1. The second-order valence-corrected chi connectivity index (χ2v) is 6.03. The summed E-state index contributed by atoms with van der Waals surface area (Å²) in [5.74, 6) is 0.755. The van der Waals surface area contributed by atoms with Crippen LogP contribution in [0.4, 0.5) is 5.69 Å². The third-order valence-corrected chi connectivity index (χ3v) is 4.04. The van der Waals surface area contributed by atoms with E-state index in [1.807, 2.05) is 24.3 Å². The summed E-state index contributed by atoms with van der Waals surface area (Å²) in [4.78, 5) is 25.6. The van der Waals surface area contributed by atoms with Gasteiger partial charge in [-0.25, -0.2) is 0 Å². The Balaban J connectivity index is 2.00. The SMILES string of the molecule is COc1ccc(CN(CC(=O)Nc2ccc(OC)c(Cl)c2)C(C)=O)cc1. The van der Waals surface area contributed by atoms with Crippen LogP contribution in [0.3, 0.4) is 0 Å². The Morgan fingerprint density at radius 2 is 1.77 bits per heavy atom. The number of benzene rings is 2. The minimum Gasteiger partial charge on any atom is -0.497 e. The molecule has 2 rings (SSSR count). The van der Waals surface area contributed by atoms with Crippen LogP contribution < -0.4 is 14.8 Å². The number of rotatable bonds is 7. The van der Waals surface area contributed by atoms with Crippen LogP contribution in [0.5, 0.6) is 11.5 Å². The van der Waals surface area contributed by atoms with E-state index in [0.717, 1.165) is 11.3 Å². The van der Waals surface area contributed by atoms with E-state index in [2.05, 4.69) is 5.32 Å². The van der Waals surface area contributed by atoms with E-state index < -0.39 is 0 Å². The number of halogens is 1. The lowest BCUT2D eigenvalue weighted by Crippen LogP contribution is -2.36. The zero-order chi connectivity index (χ0) is 19.1. The summed E-state index contributed by atoms with van der Waals surface area (Å²) in [7, 11) is 3.11. The van der Waals surface area contributed by atoms with Crippen LogP contribution in [0, 0.1) is 0 Å². The Labute approximate surface area is 157 Å². The fourth-order valence-electron chi connectivity index (χ4n) is 2.35. The molecule has 0 bridgehead atoms. The van der Waals surface area contributed by atoms with Gasteiger partial charge in [0.15, 0.2) is 0 Å². The lowest BCUT2D eigenvalue weighted by molar-refractivity contribution is -0.133. The molecule has 26 heavy (non-hydrogen) atoms. The first-order valence-electron chi connectivity index (χ1n) is 7.94. The van der Waals surface area contributed by atoms with E-state index in [-0.39, 0.29) is 18.4 Å². The first-order valence-corrected chi connectivity index (χ1v) is 8.32. The molecular weight excluding hydrogens is 356 g/mol. The first kappa shape index (κ1) is 19.6. The Kier molecular flexibility index (Phi) is 6.86. The van der Waals surface area contributed by atoms with Crippen molar-refractivity contribution >= 4 is 29.1 Å². The van der Waals surface area contributed by atoms with Crippen molar-refractivity contribution in [3.63, 3.8) is 0 Å². The number of amides is 2. The van der Waals surface area contributed by atoms with E-state index in [0.29, 0.717) is 23.0 Å². The number of hydrogen-bond acceptors (Lipinski definition) is 4. The molecule has 2 amide bonds. The summed E-state index contributed by atoms with van der Waals surface area (Å²) in [6.07, 6.45) is 0. The second kappa shape index (κ2) is 9.10. The Morgan fingerprint density at radius 1 is 1.08 bits per heavy atom. The van der Waals surface area contributed by atoms with Crippen molar-refractivity contribution in [2.75, 3.05) is 26.1 Å². The van der Waals surface area contributed by atoms with Crippen molar-refractivity contribution < 1.29 is 19.1 Å². The van der Waals surface area contributed by atoms with Gasteiger partial charge in [0.1, 0.15) is 18.0 Å². The lowest BCUT2D eigenvalue weighted by atomic mass is 10.2. The highest BCUT2D eigenvalue weighted by Gasteiger charge is 2.15. The zero-order valence-corrected chi connectivity index (χ0v) is 15.7. The minimum absolute atomic E-state index is 0.0645. The highest BCUT2D eigenvalue weighted by atomic mass is 35.5. The van der Waals surface area contributed by atoms with E-state index >= 15 is 0 Å². The number of methoxy groups -OCH3 is 2. The number of hydrogen-bond donors (Lipinski definition) is 1. The standard InChI is InChI=1S/C19H21ClN2O4/c1-13(23)22(11-14-4-7-16(25-2)8-5-14)12-19(24)21-15-6-9-18(26-3)17(20)10-15/h4-10H,11-12H2,1-3H3,(H,21,24). The fourth-order valence-corrected chi connectivity index (χ4v) is 2.61. The average Bonchev–Trinajstić information content (AvgIpc) is 2.62. The molecule has 1 N–H and O–H groups in total. The van der Waals surface area contributed by atoms with Gasteiger partial charge in [0, 0.05) is 19.2 Å². The molecular formula is C19H21ClN2O4. The quantitative estimate of drug-likeness (QED) is 0.804. The largest absolute Gasteiger partial charge is 0.497 e. The van der Waals surface area contributed by atoms with Gasteiger partial charge in [0.25, 0.3) is 0 Å². The van der Waals surface area contributed by atoms with E-state index in [4.69, 9.17) is 21.1 Å². The molecule has 138 valence electrons. The molecule has 0 radical (unpaired) electrons. The summed E-state index contributed by atoms with van der Waals surface area (Å²) in [5, 5.41) is 3.13. The number of nitrogens with zero attached hydrogens (tertiary/aromatic N) is 1. The van der Waals surface area contributed by atoms with Crippen molar-refractivity contribution in [2.24, 2.45) is 0 Å². The molecule has 0 heterocycles. The maximum absolute atomic E-state index is 12.3. The van der Waals surface area contributed by atoms with Gasteiger partial charge in [-0.05, 0) is 35.9 Å². The van der Waals surface area contributed by atoms with Gasteiger partial charge >= 0.3 is 0 Å². The Morgan fingerprint density at radius 3 is 2.31 bits per heavy atom. The van der Waals surface area contributed by atoms with Gasteiger partial charge in [-0.15, -0.1) is 0 Å². The smallest absolute Gasteiger partial charge is 0.244 e. The van der Waals surface area contributed by atoms with Crippen molar-refractivity contribution in [2.45, 2.75) is 13.5 Å². The maximum Gasteiger partial charge on any atom is 0.244 e. The van der Waals surface area contributed by atoms with Crippen LogP contribution in [0.25, 0.3) is 0 Å². The second-order valence-electron chi connectivity index (χ2n) is 5.62. The van der Waals surface area contributed by atoms with Crippen molar-refractivity contribution in [1.82, 2.24) is 4.90 Å². The van der Waals surface area contributed by atoms with Gasteiger partial charge in [-0.2, -0.15) is 0 Å². The van der Waals surface area contributed by atoms with Gasteiger partial charge in [-0.1, -0.05) is 23.7 Å². The van der Waals surface area contributed by atoms with Crippen LogP contribution in [-0.2, 0) is 16.1 Å². The highest BCUT2D eigenvalue weighted by molar-refractivity contribution is 6.32. The molecule has 7 heteroatoms. The Bertz CT molecular complexity index is 778. The number of ether oxygens (including phenoxy) is 2. The molecule has 0 atom stereocenters. The highest BCUT2D eigenvalue weighted by Crippen LogP contribution is 2.27. The molecule has 0 aliphatic carbocycles. The van der Waals surface area contributed by atoms with Crippen LogP contribution in [0.15, 0.2) is 42.5 Å². The van der Waals surface area contributed by atoms with Gasteiger partial charge < -0.3 is 19.7 Å². The van der Waals surface area contributed by atoms with Gasteiger partial charge in [0.2, 0.25) is 11.8 Å². The molecule has 0 saturated heterocycles. The number of carbonyl (C=O) groups is 2. The zero-order valence-electron chi connectivity index (χ0n) is 14.9. The summed E-state index contributed by atoms with van der Waals surface area (Å²) < 4.78 is 10.2. The molecule has 2 aromatic carbocycles. The minimum atomic E-state index is -0.310. The molecule has 0 unspecified atom stereocenters. The van der Waals surface area contributed by atoms with Crippen LogP contribution in [0.2, 0.25) is 5.02 Å². The van der Waals surface area contributed by atoms with E-state index in [9.17, 15) is 9.59 Å². The van der Waals surface area contributed by atoms with Gasteiger partial charge in [-0.3, -0.25) is 9.59 Å². The van der Waals surface area contributed by atoms with Crippen molar-refractivity contribution in [1.29, 1.82) is 0 Å². The molecule has 0 fully saturated rings. The van der Waals surface area contributed by atoms with E-state index in [1.54, 1.807) is 25.3 Å². The van der Waals surface area contributed by atoms with Crippen molar-refractivity contribution in [3.8, 4) is 11.5 Å². The maximum atomic E-state index is 12.3. The molecule has 0 aliphatic rings. The fraction of sp³-hybridized carbons (Fsp3) is 0.263. The number of carbonyl (C=O) groups excluding carboxylic acids is 2. The normalized spacial score (nSPS) is 10.2. The van der Waals surface area contributed by atoms with Crippen LogP contribution in [0.1, 0.15) is 12.5 Å². The third-order valence-electron chi connectivity index (χ3n) is 3.75. The Hall–Kier alpha value is -2.73. The summed E-state index contributed by atoms with van der Waals surface area (Å²) >= 11 is 6.05. The van der Waals surface area contributed by atoms with Crippen LogP contribution in [-0.4, -0.2) is 37.5 Å². The predicted octanol–water partition coefficient (Wildman–Crippen LogP) is 3.34. The van der Waals surface area contributed by atoms with Gasteiger partial charge in [0.05, 0.1) is 19.2 Å². The molecule has 0 spiro atoms. The molecule has 0 aliphatic heterocycles. The summed E-state index contributed by atoms with van der Waals surface area (Å²) in [5.41, 5.74) is 1.44. The van der Waals surface area contributed by atoms with E-state index in [1.165, 1.54) is 18.9 Å². The monoisotopic (exact) mass is 376 g/mol. The third kappa shape index (κ3) is 5.39. The average molecular weight is 377 g/mol. The number of anilines is 1. The first-order chi connectivity index (χ1) is 12.4. The predicted molar refractivity (Wildman–Crippen MR) is 101 cm³/mol. The molecule has 0 saturated carbocycles. The lowest BCUT2D eigenvalue weighted by Gasteiger charge is -2.21. The van der Waals surface area contributed by atoms with Crippen molar-refractivity contribution in [3.05, 3.63) is 53.1 Å². The molecule has 2 aromatic rings. The molecule has 0 aromatic heterocycles. The topological polar surface area (TPSA) is 67.9 Å². The molecule has 6 nitrogen and oxygen atoms in total. The summed E-state index contributed by atoms with van der Waals surface area (Å²) in [6.45, 7) is 1.70. The summed E-state index contributed by atoms with van der Waals surface area (Å²) in [6, 6.07) is 12.3. The van der Waals surface area contributed by atoms with Crippen LogP contribution >= 0.6 is 11.6 Å².